The lowest BCUT2D eigenvalue weighted by Crippen LogP contribution is -2.43. The van der Waals surface area contributed by atoms with Crippen LogP contribution in [0.4, 0.5) is 0 Å². The molecule has 0 heterocycles. The van der Waals surface area contributed by atoms with E-state index in [1.54, 1.807) is 6.92 Å². The van der Waals surface area contributed by atoms with E-state index in [-0.39, 0.29) is 12.8 Å². The molecule has 0 saturated heterocycles. The van der Waals surface area contributed by atoms with Gasteiger partial charge in [0.1, 0.15) is 6.04 Å². The smallest absolute Gasteiger partial charge is 0.326 e. The van der Waals surface area contributed by atoms with E-state index in [1.807, 2.05) is 0 Å². The van der Waals surface area contributed by atoms with Crippen molar-refractivity contribution in [1.29, 1.82) is 0 Å². The minimum atomic E-state index is -1.18. The van der Waals surface area contributed by atoms with Crippen molar-refractivity contribution in [3.63, 3.8) is 0 Å². The zero-order valence-corrected chi connectivity index (χ0v) is 9.78. The standard InChI is InChI=1S/C8H13BrN2O4/c1-4(9)7(13)11-5(8(14)15)2-3-6(10)12/h4-5H,2-3H2,1H3,(H2,10,12)(H,11,13)(H,14,15)/t4?,5-/m1/s1. The van der Waals surface area contributed by atoms with Crippen LogP contribution >= 0.6 is 15.9 Å². The van der Waals surface area contributed by atoms with Gasteiger partial charge in [-0.3, -0.25) is 9.59 Å². The second-order valence-electron chi connectivity index (χ2n) is 3.02. The Morgan fingerprint density at radius 1 is 1.47 bits per heavy atom. The van der Waals surface area contributed by atoms with Crippen molar-refractivity contribution in [2.24, 2.45) is 5.73 Å². The van der Waals surface area contributed by atoms with Crippen LogP contribution in [0.5, 0.6) is 0 Å². The van der Waals surface area contributed by atoms with Crippen molar-refractivity contribution in [2.75, 3.05) is 0 Å². The third-order valence-electron chi connectivity index (χ3n) is 1.66. The first kappa shape index (κ1) is 13.9. The van der Waals surface area contributed by atoms with Gasteiger partial charge in [-0.1, -0.05) is 15.9 Å². The SMILES string of the molecule is CC(Br)C(=O)N[C@H](CCC(N)=O)C(=O)O. The van der Waals surface area contributed by atoms with Gasteiger partial charge in [-0.25, -0.2) is 4.79 Å². The lowest BCUT2D eigenvalue weighted by atomic mass is 10.1. The summed E-state index contributed by atoms with van der Waals surface area (Å²) in [7, 11) is 0. The first-order chi connectivity index (χ1) is 6.84. The van der Waals surface area contributed by atoms with Gasteiger partial charge in [0.05, 0.1) is 4.83 Å². The Hall–Kier alpha value is -1.11. The number of carbonyl (C=O) groups is 3. The van der Waals surface area contributed by atoms with Gasteiger partial charge >= 0.3 is 5.97 Å². The summed E-state index contributed by atoms with van der Waals surface area (Å²) in [4.78, 5) is 31.8. The average Bonchev–Trinajstić information content (AvgIpc) is 2.10. The highest BCUT2D eigenvalue weighted by atomic mass is 79.9. The van der Waals surface area contributed by atoms with Gasteiger partial charge < -0.3 is 16.2 Å². The lowest BCUT2D eigenvalue weighted by molar-refractivity contribution is -0.142. The molecule has 4 N–H and O–H groups in total. The normalized spacial score (nSPS) is 14.0. The number of carboxylic acids is 1. The molecule has 0 aromatic rings. The van der Waals surface area contributed by atoms with Crippen molar-refractivity contribution in [1.82, 2.24) is 5.32 Å². The molecule has 7 heteroatoms. The number of nitrogens with two attached hydrogens (primary N) is 1. The summed E-state index contributed by atoms with van der Waals surface area (Å²) >= 11 is 3.00. The van der Waals surface area contributed by atoms with E-state index in [0.717, 1.165) is 0 Å². The largest absolute Gasteiger partial charge is 0.480 e. The number of nitrogens with one attached hydrogen (secondary N) is 1. The summed E-state index contributed by atoms with van der Waals surface area (Å²) in [5.41, 5.74) is 4.88. The number of alkyl halides is 1. The van der Waals surface area contributed by atoms with E-state index in [9.17, 15) is 14.4 Å². The number of rotatable bonds is 6. The van der Waals surface area contributed by atoms with Crippen LogP contribution in [-0.4, -0.2) is 33.8 Å². The molecule has 0 aliphatic rings. The maximum Gasteiger partial charge on any atom is 0.326 e. The molecular formula is C8H13BrN2O4. The predicted molar refractivity (Wildman–Crippen MR) is 56.4 cm³/mol. The molecule has 2 amide bonds. The average molecular weight is 281 g/mol. The molecule has 0 rings (SSSR count). The van der Waals surface area contributed by atoms with E-state index < -0.39 is 28.7 Å². The summed E-state index contributed by atoms with van der Waals surface area (Å²) in [5.74, 6) is -2.22. The zero-order chi connectivity index (χ0) is 12.0. The first-order valence-corrected chi connectivity index (χ1v) is 5.21. The summed E-state index contributed by atoms with van der Waals surface area (Å²) < 4.78 is 0. The Labute approximate surface area is 95.3 Å². The zero-order valence-electron chi connectivity index (χ0n) is 8.20. The fourth-order valence-electron chi connectivity index (χ4n) is 0.831. The highest BCUT2D eigenvalue weighted by Crippen LogP contribution is 2.01. The van der Waals surface area contributed by atoms with E-state index in [1.165, 1.54) is 0 Å². The first-order valence-electron chi connectivity index (χ1n) is 4.30. The maximum atomic E-state index is 11.2. The molecule has 0 bridgehead atoms. The highest BCUT2D eigenvalue weighted by Gasteiger charge is 2.21. The second kappa shape index (κ2) is 6.39. The fraction of sp³-hybridized carbons (Fsp3) is 0.625. The number of carbonyl (C=O) groups excluding carboxylic acids is 2. The van der Waals surface area contributed by atoms with E-state index in [4.69, 9.17) is 10.8 Å². The minimum absolute atomic E-state index is 0.00384. The number of amides is 2. The molecule has 6 nitrogen and oxygen atoms in total. The van der Waals surface area contributed by atoms with Crippen molar-refractivity contribution in [3.05, 3.63) is 0 Å². The Morgan fingerprint density at radius 2 is 2.00 bits per heavy atom. The number of halogens is 1. The summed E-state index contributed by atoms with van der Waals surface area (Å²) in [6.07, 6.45) is -0.0793. The quantitative estimate of drug-likeness (QED) is 0.575. The molecule has 0 aliphatic heterocycles. The number of hydrogen-bond acceptors (Lipinski definition) is 3. The van der Waals surface area contributed by atoms with Gasteiger partial charge in [0, 0.05) is 6.42 Å². The molecule has 0 aromatic carbocycles. The van der Waals surface area contributed by atoms with Crippen LogP contribution in [0.1, 0.15) is 19.8 Å². The Kier molecular flexibility index (Phi) is 5.92. The molecule has 1 unspecified atom stereocenters. The maximum absolute atomic E-state index is 11.2. The van der Waals surface area contributed by atoms with Crippen LogP contribution in [0.15, 0.2) is 0 Å². The van der Waals surface area contributed by atoms with Gasteiger partial charge in [-0.15, -0.1) is 0 Å². The molecule has 0 spiro atoms. The summed E-state index contributed by atoms with van der Waals surface area (Å²) in [6.45, 7) is 1.57. The van der Waals surface area contributed by atoms with Gasteiger partial charge in [0.25, 0.3) is 0 Å². The fourth-order valence-corrected chi connectivity index (χ4v) is 0.963. The van der Waals surface area contributed by atoms with Crippen LogP contribution in [0.3, 0.4) is 0 Å². The number of aliphatic carboxylic acids is 1. The van der Waals surface area contributed by atoms with Crippen molar-refractivity contribution < 1.29 is 19.5 Å². The van der Waals surface area contributed by atoms with Crippen LogP contribution < -0.4 is 11.1 Å². The Bertz CT molecular complexity index is 267. The van der Waals surface area contributed by atoms with Crippen molar-refractivity contribution in [2.45, 2.75) is 30.6 Å². The predicted octanol–water partition coefficient (Wildman–Crippen LogP) is -0.395. The van der Waals surface area contributed by atoms with Gasteiger partial charge in [0.2, 0.25) is 11.8 Å². The van der Waals surface area contributed by atoms with Crippen LogP contribution in [-0.2, 0) is 14.4 Å². The van der Waals surface area contributed by atoms with Crippen LogP contribution in [0.25, 0.3) is 0 Å². The number of carboxylic acid groups (broad SMARTS) is 1. The van der Waals surface area contributed by atoms with Crippen LogP contribution in [0.2, 0.25) is 0 Å². The lowest BCUT2D eigenvalue weighted by Gasteiger charge is -2.14. The Morgan fingerprint density at radius 3 is 2.33 bits per heavy atom. The van der Waals surface area contributed by atoms with Gasteiger partial charge in [-0.05, 0) is 13.3 Å². The topological polar surface area (TPSA) is 109 Å². The molecular weight excluding hydrogens is 268 g/mol. The molecule has 86 valence electrons. The molecule has 0 aliphatic carbocycles. The van der Waals surface area contributed by atoms with E-state index in [2.05, 4.69) is 21.2 Å². The molecule has 15 heavy (non-hydrogen) atoms. The summed E-state index contributed by atoms with van der Waals surface area (Å²) in [5, 5.41) is 11.0. The number of primary amides is 1. The third kappa shape index (κ3) is 6.05. The van der Waals surface area contributed by atoms with Crippen molar-refractivity contribution in [3.8, 4) is 0 Å². The van der Waals surface area contributed by atoms with Gasteiger partial charge in [-0.2, -0.15) is 0 Å². The molecule has 0 aromatic heterocycles. The van der Waals surface area contributed by atoms with Gasteiger partial charge in [0.15, 0.2) is 0 Å². The van der Waals surface area contributed by atoms with E-state index in [0.29, 0.717) is 0 Å². The van der Waals surface area contributed by atoms with Crippen LogP contribution in [0, 0.1) is 0 Å². The molecule has 0 saturated carbocycles. The monoisotopic (exact) mass is 280 g/mol. The highest BCUT2D eigenvalue weighted by molar-refractivity contribution is 9.10. The third-order valence-corrected chi connectivity index (χ3v) is 2.07. The van der Waals surface area contributed by atoms with Crippen molar-refractivity contribution >= 4 is 33.7 Å². The molecule has 2 atom stereocenters. The second-order valence-corrected chi connectivity index (χ2v) is 4.39. The Balaban J connectivity index is 4.22. The van der Waals surface area contributed by atoms with E-state index >= 15 is 0 Å². The molecule has 0 fully saturated rings. The summed E-state index contributed by atoms with van der Waals surface area (Å²) in [6, 6.07) is -1.08. The molecule has 0 radical (unpaired) electrons. The number of hydrogen-bond donors (Lipinski definition) is 3. The minimum Gasteiger partial charge on any atom is -0.480 e.